The smallest absolute Gasteiger partial charge is 0.274 e. The molecule has 4 rings (SSSR count). The molecule has 3 heterocycles. The Hall–Kier alpha value is -3.31. The molecule has 1 aromatic carbocycles. The minimum Gasteiger partial charge on any atom is -0.463 e. The van der Waals surface area contributed by atoms with Gasteiger partial charge in [0.25, 0.3) is 5.56 Å². The van der Waals surface area contributed by atoms with Gasteiger partial charge in [-0.25, -0.2) is 4.98 Å². The normalized spacial score (nSPS) is 13.1. The summed E-state index contributed by atoms with van der Waals surface area (Å²) in [5.41, 5.74) is 1.36. The number of thioether (sulfide) groups is 1. The number of carbonyl (C=O) groups is 1. The van der Waals surface area contributed by atoms with Crippen LogP contribution in [-0.4, -0.2) is 21.2 Å². The average molecular weight is 378 g/mol. The Bertz CT molecular complexity index is 1110. The molecule has 3 aromatic rings. The lowest BCUT2D eigenvalue weighted by atomic mass is 10.1. The van der Waals surface area contributed by atoms with Crippen molar-refractivity contribution >= 4 is 23.2 Å². The van der Waals surface area contributed by atoms with Gasteiger partial charge >= 0.3 is 0 Å². The summed E-state index contributed by atoms with van der Waals surface area (Å²) < 4.78 is 6.80. The van der Waals surface area contributed by atoms with E-state index < -0.39 is 5.56 Å². The zero-order chi connectivity index (χ0) is 19.0. The first-order valence-electron chi connectivity index (χ1n) is 8.16. The summed E-state index contributed by atoms with van der Waals surface area (Å²) in [7, 11) is 0. The number of nitriles is 1. The first-order valence-corrected chi connectivity index (χ1v) is 9.14. The van der Waals surface area contributed by atoms with Gasteiger partial charge in [-0.15, -0.1) is 0 Å². The van der Waals surface area contributed by atoms with Crippen molar-refractivity contribution in [2.45, 2.75) is 18.7 Å². The highest BCUT2D eigenvalue weighted by atomic mass is 32.2. The number of rotatable bonds is 3. The molecule has 0 spiro atoms. The minimum atomic E-state index is -0.397. The number of benzene rings is 1. The highest BCUT2D eigenvalue weighted by Crippen LogP contribution is 2.29. The molecule has 1 aliphatic heterocycles. The average Bonchev–Trinajstić information content (AvgIpc) is 3.22. The van der Waals surface area contributed by atoms with E-state index in [1.54, 1.807) is 24.3 Å². The fourth-order valence-electron chi connectivity index (χ4n) is 2.87. The van der Waals surface area contributed by atoms with Crippen LogP contribution in [0.15, 0.2) is 57.0 Å². The lowest BCUT2D eigenvalue weighted by Crippen LogP contribution is -2.38. The van der Waals surface area contributed by atoms with Crippen LogP contribution in [0.25, 0.3) is 11.5 Å². The third-order valence-electron chi connectivity index (χ3n) is 4.30. The van der Waals surface area contributed by atoms with Crippen molar-refractivity contribution < 1.29 is 9.21 Å². The number of nitrogens with zero attached hydrogens (tertiary/aromatic N) is 4. The van der Waals surface area contributed by atoms with Crippen LogP contribution in [0.4, 0.5) is 5.69 Å². The van der Waals surface area contributed by atoms with Crippen LogP contribution in [0, 0.1) is 11.3 Å². The summed E-state index contributed by atoms with van der Waals surface area (Å²) in [6.45, 7) is 1.80. The van der Waals surface area contributed by atoms with E-state index in [9.17, 15) is 14.9 Å². The molecular weight excluding hydrogens is 364 g/mol. The third kappa shape index (κ3) is 3.02. The Kier molecular flexibility index (Phi) is 4.30. The fraction of sp³-hybridized carbons (Fsp3) is 0.158. The zero-order valence-corrected chi connectivity index (χ0v) is 15.2. The number of carbonyl (C=O) groups excluding carboxylic acids is 1. The monoisotopic (exact) mass is 378 g/mol. The molecular formula is C19H14N4O3S. The molecule has 134 valence electrons. The highest BCUT2D eigenvalue weighted by molar-refractivity contribution is 7.99. The maximum Gasteiger partial charge on any atom is 0.274 e. The van der Waals surface area contributed by atoms with Crippen LogP contribution >= 0.6 is 11.8 Å². The minimum absolute atomic E-state index is 0.00412. The Morgan fingerprint density at radius 1 is 1.30 bits per heavy atom. The molecule has 0 bridgehead atoms. The van der Waals surface area contributed by atoms with Gasteiger partial charge in [-0.05, 0) is 43.3 Å². The summed E-state index contributed by atoms with van der Waals surface area (Å²) in [6.07, 6.45) is 1.48. The van der Waals surface area contributed by atoms with Crippen LogP contribution in [0.5, 0.6) is 0 Å². The second kappa shape index (κ2) is 6.78. The molecule has 1 aliphatic rings. The SMILES string of the molecule is CC(=O)c1ccc(N2CSc3nc(-c4ccco4)c(C#N)c(=O)n3C2)cc1. The standard InChI is InChI=1S/C19H14N4O3S/c1-12(24)13-4-6-14(7-5-13)22-10-23-18(25)15(9-20)17(16-3-2-8-26-16)21-19(23)27-11-22/h2-8H,10-11H2,1H3. The van der Waals surface area contributed by atoms with Gasteiger partial charge < -0.3 is 9.32 Å². The molecule has 0 aliphatic carbocycles. The number of ketones is 1. The summed E-state index contributed by atoms with van der Waals surface area (Å²) in [4.78, 5) is 30.8. The van der Waals surface area contributed by atoms with Crippen molar-refractivity contribution in [1.82, 2.24) is 9.55 Å². The van der Waals surface area contributed by atoms with E-state index >= 15 is 0 Å². The second-order valence-electron chi connectivity index (χ2n) is 6.00. The number of furan rings is 1. The van der Waals surface area contributed by atoms with Gasteiger partial charge in [-0.3, -0.25) is 14.2 Å². The quantitative estimate of drug-likeness (QED) is 0.511. The first kappa shape index (κ1) is 17.1. The number of fused-ring (bicyclic) bond motifs is 1. The molecule has 0 radical (unpaired) electrons. The highest BCUT2D eigenvalue weighted by Gasteiger charge is 2.25. The largest absolute Gasteiger partial charge is 0.463 e. The molecule has 7 nitrogen and oxygen atoms in total. The lowest BCUT2D eigenvalue weighted by molar-refractivity contribution is 0.101. The molecule has 0 saturated carbocycles. The number of anilines is 1. The lowest BCUT2D eigenvalue weighted by Gasteiger charge is -2.30. The van der Waals surface area contributed by atoms with Crippen LogP contribution in [0.2, 0.25) is 0 Å². The first-order chi connectivity index (χ1) is 13.1. The predicted octanol–water partition coefficient (Wildman–Crippen LogP) is 3.10. The van der Waals surface area contributed by atoms with Crippen molar-refractivity contribution in [2.75, 3.05) is 10.8 Å². The van der Waals surface area contributed by atoms with Crippen molar-refractivity contribution in [3.05, 3.63) is 64.1 Å². The van der Waals surface area contributed by atoms with E-state index in [4.69, 9.17) is 4.42 Å². The third-order valence-corrected chi connectivity index (χ3v) is 5.31. The number of aromatic nitrogens is 2. The molecule has 2 aromatic heterocycles. The summed E-state index contributed by atoms with van der Waals surface area (Å²) >= 11 is 1.41. The molecule has 0 amide bonds. The van der Waals surface area contributed by atoms with Gasteiger partial charge in [0.05, 0.1) is 12.1 Å². The maximum absolute atomic E-state index is 12.9. The van der Waals surface area contributed by atoms with Gasteiger partial charge in [0.2, 0.25) is 0 Å². The Morgan fingerprint density at radius 3 is 2.70 bits per heavy atom. The molecule has 27 heavy (non-hydrogen) atoms. The maximum atomic E-state index is 12.9. The second-order valence-corrected chi connectivity index (χ2v) is 6.91. The predicted molar refractivity (Wildman–Crippen MR) is 101 cm³/mol. The number of hydrogen-bond acceptors (Lipinski definition) is 7. The topological polar surface area (TPSA) is 92.1 Å². The Labute approximate surface area is 158 Å². The zero-order valence-electron chi connectivity index (χ0n) is 14.4. The van der Waals surface area contributed by atoms with Gasteiger partial charge in [0, 0.05) is 11.3 Å². The van der Waals surface area contributed by atoms with E-state index in [0.29, 0.717) is 22.4 Å². The van der Waals surface area contributed by atoms with Crippen LogP contribution in [-0.2, 0) is 6.67 Å². The Morgan fingerprint density at radius 2 is 2.07 bits per heavy atom. The van der Waals surface area contributed by atoms with Crippen molar-refractivity contribution in [1.29, 1.82) is 5.26 Å². The van der Waals surface area contributed by atoms with Crippen LogP contribution in [0.1, 0.15) is 22.8 Å². The van der Waals surface area contributed by atoms with E-state index in [0.717, 1.165) is 5.69 Å². The van der Waals surface area contributed by atoms with E-state index in [-0.39, 0.29) is 23.7 Å². The van der Waals surface area contributed by atoms with E-state index in [1.807, 2.05) is 23.1 Å². The summed E-state index contributed by atoms with van der Waals surface area (Å²) in [5, 5.41) is 10.0. The fourth-order valence-corrected chi connectivity index (χ4v) is 3.83. The van der Waals surface area contributed by atoms with Gasteiger partial charge in [0.1, 0.15) is 24.0 Å². The molecule has 0 unspecified atom stereocenters. The summed E-state index contributed by atoms with van der Waals surface area (Å²) in [5.74, 6) is 0.995. The number of Topliss-reactive ketones (excluding diaryl/α,β-unsaturated/α-hetero) is 1. The van der Waals surface area contributed by atoms with E-state index in [1.165, 1.54) is 29.5 Å². The van der Waals surface area contributed by atoms with Crippen molar-refractivity contribution in [3.8, 4) is 17.5 Å². The summed E-state index contributed by atoms with van der Waals surface area (Å²) in [6, 6.07) is 12.5. The van der Waals surface area contributed by atoms with Gasteiger partial charge in [0.15, 0.2) is 16.7 Å². The van der Waals surface area contributed by atoms with Crippen molar-refractivity contribution in [2.24, 2.45) is 0 Å². The Balaban J connectivity index is 1.72. The van der Waals surface area contributed by atoms with Gasteiger partial charge in [-0.2, -0.15) is 5.26 Å². The van der Waals surface area contributed by atoms with E-state index in [2.05, 4.69) is 4.98 Å². The molecule has 0 N–H and O–H groups in total. The van der Waals surface area contributed by atoms with Crippen molar-refractivity contribution in [3.63, 3.8) is 0 Å². The molecule has 8 heteroatoms. The van der Waals surface area contributed by atoms with Crippen LogP contribution in [0.3, 0.4) is 0 Å². The molecule has 0 atom stereocenters. The molecule has 0 fully saturated rings. The molecule has 0 saturated heterocycles. The van der Waals surface area contributed by atoms with Gasteiger partial charge in [-0.1, -0.05) is 11.8 Å². The van der Waals surface area contributed by atoms with Crippen LogP contribution < -0.4 is 10.5 Å². The number of hydrogen-bond donors (Lipinski definition) is 0.